The average molecular weight is 430 g/mol. The van der Waals surface area contributed by atoms with E-state index in [0.29, 0.717) is 19.0 Å². The van der Waals surface area contributed by atoms with E-state index in [1.54, 1.807) is 12.0 Å². The van der Waals surface area contributed by atoms with Crippen molar-refractivity contribution in [1.29, 1.82) is 0 Å². The fraction of sp³-hybridized carbons (Fsp3) is 0.583. The van der Waals surface area contributed by atoms with Gasteiger partial charge < -0.3 is 19.7 Å². The van der Waals surface area contributed by atoms with Gasteiger partial charge >= 0.3 is 0 Å². The second-order valence-electron chi connectivity index (χ2n) is 8.31. The number of nitrogens with one attached hydrogen (secondary N) is 1. The van der Waals surface area contributed by atoms with Crippen LogP contribution in [0.5, 0.6) is 5.75 Å². The minimum absolute atomic E-state index is 0.0211. The van der Waals surface area contributed by atoms with Gasteiger partial charge in [-0.1, -0.05) is 30.4 Å². The second-order valence-corrected chi connectivity index (χ2v) is 8.31. The molecule has 2 amide bonds. The number of benzene rings is 1. The van der Waals surface area contributed by atoms with E-state index in [2.05, 4.69) is 10.2 Å². The van der Waals surface area contributed by atoms with Crippen molar-refractivity contribution >= 4 is 17.9 Å². The lowest BCUT2D eigenvalue weighted by Crippen LogP contribution is -2.56. The van der Waals surface area contributed by atoms with E-state index in [0.717, 1.165) is 56.9 Å². The Morgan fingerprint density at radius 2 is 2.10 bits per heavy atom. The normalized spacial score (nSPS) is 20.6. The van der Waals surface area contributed by atoms with Gasteiger partial charge in [-0.3, -0.25) is 14.5 Å². The monoisotopic (exact) mass is 429 g/mol. The van der Waals surface area contributed by atoms with E-state index in [9.17, 15) is 9.59 Å². The topological polar surface area (TPSA) is 71.1 Å². The predicted molar refractivity (Wildman–Crippen MR) is 121 cm³/mol. The van der Waals surface area contributed by atoms with E-state index >= 15 is 0 Å². The summed E-state index contributed by atoms with van der Waals surface area (Å²) in [5.74, 6) is 1.39. The van der Waals surface area contributed by atoms with Gasteiger partial charge in [0.2, 0.25) is 11.8 Å². The zero-order valence-electron chi connectivity index (χ0n) is 18.7. The lowest BCUT2D eigenvalue weighted by molar-refractivity contribution is -0.138. The smallest absolute Gasteiger partial charge is 0.237 e. The van der Waals surface area contributed by atoms with Crippen LogP contribution in [0.15, 0.2) is 30.3 Å². The maximum atomic E-state index is 12.8. The zero-order valence-corrected chi connectivity index (χ0v) is 18.7. The molecule has 0 bridgehead atoms. The molecule has 0 aromatic heterocycles. The number of nitrogens with zero attached hydrogens (tertiary/aromatic N) is 2. The average Bonchev–Trinajstić information content (AvgIpc) is 2.80. The third kappa shape index (κ3) is 6.80. The summed E-state index contributed by atoms with van der Waals surface area (Å²) in [5, 5.41) is 2.91. The molecule has 2 aliphatic heterocycles. The molecule has 1 N–H and O–H groups in total. The van der Waals surface area contributed by atoms with Crippen LogP contribution < -0.4 is 10.1 Å². The van der Waals surface area contributed by atoms with Crippen LogP contribution in [0.25, 0.3) is 6.08 Å². The van der Waals surface area contributed by atoms with Gasteiger partial charge in [0.25, 0.3) is 0 Å². The molecule has 2 fully saturated rings. The predicted octanol–water partition coefficient (Wildman–Crippen LogP) is 2.17. The van der Waals surface area contributed by atoms with Crippen molar-refractivity contribution in [1.82, 2.24) is 15.1 Å². The Morgan fingerprint density at radius 1 is 1.32 bits per heavy atom. The minimum Gasteiger partial charge on any atom is -0.496 e. The summed E-state index contributed by atoms with van der Waals surface area (Å²) in [6.45, 7) is 4.31. The summed E-state index contributed by atoms with van der Waals surface area (Å²) in [6.07, 6.45) is 7.37. The standard InChI is InChI=1S/C24H35N3O4/c1-26(14-9-19-10-16-31-17-11-19)23(28)18-21-24(29)25-12-15-27(21)13-5-7-20-6-3-4-8-22(20)30-2/h3-8,19,21H,9-18H2,1-2H3,(H,25,29)/b7-5+/t21-/m1/s1. The Kier molecular flexibility index (Phi) is 8.91. The van der Waals surface area contributed by atoms with Crippen LogP contribution in [0.3, 0.4) is 0 Å². The first kappa shape index (κ1) is 23.3. The Labute approximate surface area is 185 Å². The fourth-order valence-corrected chi connectivity index (χ4v) is 4.18. The molecule has 2 saturated heterocycles. The number of carbonyl (C=O) groups excluding carboxylic acids is 2. The van der Waals surface area contributed by atoms with Crippen molar-refractivity contribution < 1.29 is 19.1 Å². The van der Waals surface area contributed by atoms with Crippen molar-refractivity contribution in [2.24, 2.45) is 5.92 Å². The minimum atomic E-state index is -0.436. The maximum Gasteiger partial charge on any atom is 0.237 e. The van der Waals surface area contributed by atoms with Crippen LogP contribution in [0.1, 0.15) is 31.2 Å². The molecule has 0 spiro atoms. The van der Waals surface area contributed by atoms with Crippen LogP contribution in [0, 0.1) is 5.92 Å². The molecule has 0 aliphatic carbocycles. The summed E-state index contributed by atoms with van der Waals surface area (Å²) in [7, 11) is 3.50. The molecule has 3 rings (SSSR count). The Hall–Kier alpha value is -2.38. The van der Waals surface area contributed by atoms with E-state index in [4.69, 9.17) is 9.47 Å². The van der Waals surface area contributed by atoms with Gasteiger partial charge in [-0.05, 0) is 31.2 Å². The third-order valence-electron chi connectivity index (χ3n) is 6.23. The summed E-state index contributed by atoms with van der Waals surface area (Å²) in [6, 6.07) is 7.38. The summed E-state index contributed by atoms with van der Waals surface area (Å²) < 4.78 is 10.8. The van der Waals surface area contributed by atoms with E-state index in [1.165, 1.54) is 0 Å². The molecule has 31 heavy (non-hydrogen) atoms. The van der Waals surface area contributed by atoms with Crippen molar-refractivity contribution in [2.75, 3.05) is 53.6 Å². The highest BCUT2D eigenvalue weighted by atomic mass is 16.5. The molecule has 1 atom stereocenters. The zero-order chi connectivity index (χ0) is 22.1. The first-order chi connectivity index (χ1) is 15.1. The molecule has 0 radical (unpaired) electrons. The van der Waals surface area contributed by atoms with Gasteiger partial charge in [-0.2, -0.15) is 0 Å². The van der Waals surface area contributed by atoms with Crippen LogP contribution in [-0.2, 0) is 14.3 Å². The number of rotatable bonds is 9. The Bertz CT molecular complexity index is 761. The number of para-hydroxylation sites is 1. The molecule has 1 aromatic rings. The first-order valence-electron chi connectivity index (χ1n) is 11.2. The number of hydrogen-bond acceptors (Lipinski definition) is 5. The molecule has 2 aliphatic rings. The number of methoxy groups -OCH3 is 1. The molecule has 0 unspecified atom stereocenters. The van der Waals surface area contributed by atoms with Gasteiger partial charge in [0.05, 0.1) is 19.6 Å². The maximum absolute atomic E-state index is 12.8. The van der Waals surface area contributed by atoms with Crippen molar-refractivity contribution in [3.63, 3.8) is 0 Å². The van der Waals surface area contributed by atoms with E-state index < -0.39 is 6.04 Å². The Morgan fingerprint density at radius 3 is 2.87 bits per heavy atom. The van der Waals surface area contributed by atoms with Crippen LogP contribution in [0.2, 0.25) is 0 Å². The van der Waals surface area contributed by atoms with Crippen LogP contribution in [-0.4, -0.2) is 81.2 Å². The number of carbonyl (C=O) groups is 2. The van der Waals surface area contributed by atoms with Crippen molar-refractivity contribution in [3.8, 4) is 5.75 Å². The number of piperazine rings is 1. The highest BCUT2D eigenvalue weighted by molar-refractivity contribution is 5.88. The Balaban J connectivity index is 1.53. The molecular formula is C24H35N3O4. The quantitative estimate of drug-likeness (QED) is 0.652. The number of amides is 2. The van der Waals surface area contributed by atoms with Gasteiger partial charge in [-0.15, -0.1) is 0 Å². The third-order valence-corrected chi connectivity index (χ3v) is 6.23. The summed E-state index contributed by atoms with van der Waals surface area (Å²) in [4.78, 5) is 29.2. The first-order valence-corrected chi connectivity index (χ1v) is 11.2. The number of ether oxygens (including phenoxy) is 2. The van der Waals surface area contributed by atoms with Crippen molar-refractivity contribution in [3.05, 3.63) is 35.9 Å². The lowest BCUT2D eigenvalue weighted by Gasteiger charge is -2.35. The highest BCUT2D eigenvalue weighted by Gasteiger charge is 2.31. The van der Waals surface area contributed by atoms with Gasteiger partial charge in [-0.25, -0.2) is 0 Å². The summed E-state index contributed by atoms with van der Waals surface area (Å²) in [5.41, 5.74) is 0.993. The fourth-order valence-electron chi connectivity index (χ4n) is 4.18. The summed E-state index contributed by atoms with van der Waals surface area (Å²) >= 11 is 0. The molecule has 0 saturated carbocycles. The SMILES string of the molecule is COc1ccccc1/C=C/CN1CCNC(=O)[C@H]1CC(=O)N(C)CCC1CCOCC1. The van der Waals surface area contributed by atoms with E-state index in [-0.39, 0.29) is 18.2 Å². The second kappa shape index (κ2) is 11.9. The molecule has 2 heterocycles. The van der Waals surface area contributed by atoms with Crippen LogP contribution in [0.4, 0.5) is 0 Å². The highest BCUT2D eigenvalue weighted by Crippen LogP contribution is 2.20. The van der Waals surface area contributed by atoms with Gasteiger partial charge in [0.1, 0.15) is 5.75 Å². The van der Waals surface area contributed by atoms with E-state index in [1.807, 2.05) is 43.5 Å². The largest absolute Gasteiger partial charge is 0.496 e. The molecule has 1 aromatic carbocycles. The molecule has 7 heteroatoms. The molecular weight excluding hydrogens is 394 g/mol. The van der Waals surface area contributed by atoms with Gasteiger partial charge in [0, 0.05) is 52.0 Å². The molecule has 7 nitrogen and oxygen atoms in total. The lowest BCUT2D eigenvalue weighted by atomic mass is 9.96. The van der Waals surface area contributed by atoms with Crippen molar-refractivity contribution in [2.45, 2.75) is 31.7 Å². The molecule has 170 valence electrons. The van der Waals surface area contributed by atoms with Crippen LogP contribution >= 0.6 is 0 Å². The van der Waals surface area contributed by atoms with Gasteiger partial charge in [0.15, 0.2) is 0 Å². The number of hydrogen-bond donors (Lipinski definition) is 1.